The molecule has 1 atom stereocenters. The van der Waals surface area contributed by atoms with Crippen LogP contribution in [-0.2, 0) is 4.79 Å². The minimum Gasteiger partial charge on any atom is -0.318 e. The van der Waals surface area contributed by atoms with E-state index in [0.717, 1.165) is 11.1 Å². The van der Waals surface area contributed by atoms with E-state index in [0.29, 0.717) is 0 Å². The van der Waals surface area contributed by atoms with Crippen molar-refractivity contribution in [2.24, 2.45) is 5.73 Å². The Bertz CT molecular complexity index is 296. The minimum absolute atomic E-state index is 0.0238. The van der Waals surface area contributed by atoms with Crippen molar-refractivity contribution in [3.8, 4) is 0 Å². The number of rotatable bonds is 2. The number of pyridine rings is 1. The van der Waals surface area contributed by atoms with E-state index < -0.39 is 6.04 Å². The van der Waals surface area contributed by atoms with Gasteiger partial charge in [0.1, 0.15) is 0 Å². The van der Waals surface area contributed by atoms with E-state index in [-0.39, 0.29) is 5.78 Å². The molecule has 64 valence electrons. The van der Waals surface area contributed by atoms with Crippen molar-refractivity contribution in [2.45, 2.75) is 19.9 Å². The zero-order valence-corrected chi connectivity index (χ0v) is 7.24. The van der Waals surface area contributed by atoms with Crippen LogP contribution in [0.15, 0.2) is 18.5 Å². The highest BCUT2D eigenvalue weighted by atomic mass is 16.1. The average Bonchev–Trinajstić information content (AvgIpc) is 2.04. The largest absolute Gasteiger partial charge is 0.318 e. The van der Waals surface area contributed by atoms with Crippen LogP contribution in [-0.4, -0.2) is 10.8 Å². The number of ketones is 1. The van der Waals surface area contributed by atoms with Gasteiger partial charge < -0.3 is 5.73 Å². The van der Waals surface area contributed by atoms with Crippen molar-refractivity contribution < 1.29 is 4.79 Å². The fourth-order valence-corrected chi connectivity index (χ4v) is 1.05. The Morgan fingerprint density at radius 3 is 2.83 bits per heavy atom. The number of aryl methyl sites for hydroxylation is 1. The predicted octanol–water partition coefficient (Wildman–Crippen LogP) is 0.979. The number of carbonyl (C=O) groups is 1. The molecule has 2 N–H and O–H groups in total. The monoisotopic (exact) mass is 164 g/mol. The molecule has 3 nitrogen and oxygen atoms in total. The molecule has 1 heterocycles. The zero-order chi connectivity index (χ0) is 9.14. The zero-order valence-electron chi connectivity index (χ0n) is 7.24. The predicted molar refractivity (Wildman–Crippen MR) is 46.6 cm³/mol. The fourth-order valence-electron chi connectivity index (χ4n) is 1.05. The second-order valence-electron chi connectivity index (χ2n) is 2.82. The van der Waals surface area contributed by atoms with Crippen LogP contribution >= 0.6 is 0 Å². The van der Waals surface area contributed by atoms with Gasteiger partial charge in [-0.1, -0.05) is 0 Å². The molecule has 0 bridgehead atoms. The molecule has 12 heavy (non-hydrogen) atoms. The number of carbonyl (C=O) groups excluding carboxylic acids is 1. The number of Topliss-reactive ketones (excluding diaryl/α,β-unsaturated/α-hetero) is 1. The van der Waals surface area contributed by atoms with Crippen LogP contribution in [0.5, 0.6) is 0 Å². The van der Waals surface area contributed by atoms with Gasteiger partial charge in [0.15, 0.2) is 5.78 Å². The summed E-state index contributed by atoms with van der Waals surface area (Å²) in [6.07, 6.45) is 3.35. The van der Waals surface area contributed by atoms with Crippen molar-refractivity contribution in [3.63, 3.8) is 0 Å². The van der Waals surface area contributed by atoms with Gasteiger partial charge in [0.25, 0.3) is 0 Å². The standard InChI is InChI=1S/C9H12N2O/c1-6-5-11-4-3-8(6)9(10)7(2)12/h3-5,9H,10H2,1-2H3. The molecule has 0 amide bonds. The van der Waals surface area contributed by atoms with Gasteiger partial charge >= 0.3 is 0 Å². The molecule has 3 heteroatoms. The third kappa shape index (κ3) is 1.68. The molecule has 1 rings (SSSR count). The summed E-state index contributed by atoms with van der Waals surface area (Å²) in [6.45, 7) is 3.38. The molecule has 0 fully saturated rings. The minimum atomic E-state index is -0.506. The summed E-state index contributed by atoms with van der Waals surface area (Å²) < 4.78 is 0. The van der Waals surface area contributed by atoms with Gasteiger partial charge in [0.2, 0.25) is 0 Å². The van der Waals surface area contributed by atoms with Crippen molar-refractivity contribution in [3.05, 3.63) is 29.6 Å². The molecule has 0 aromatic carbocycles. The maximum absolute atomic E-state index is 11.0. The van der Waals surface area contributed by atoms with E-state index in [1.165, 1.54) is 6.92 Å². The van der Waals surface area contributed by atoms with Crippen LogP contribution in [0.4, 0.5) is 0 Å². The number of hydrogen-bond donors (Lipinski definition) is 1. The molecular formula is C9H12N2O. The lowest BCUT2D eigenvalue weighted by molar-refractivity contribution is -0.118. The van der Waals surface area contributed by atoms with Crippen LogP contribution in [0.2, 0.25) is 0 Å². The lowest BCUT2D eigenvalue weighted by atomic mass is 10.0. The average molecular weight is 164 g/mol. The number of hydrogen-bond acceptors (Lipinski definition) is 3. The highest BCUT2D eigenvalue weighted by Crippen LogP contribution is 2.14. The van der Waals surface area contributed by atoms with Crippen LogP contribution in [0.25, 0.3) is 0 Å². The molecule has 0 saturated carbocycles. The second-order valence-corrected chi connectivity index (χ2v) is 2.82. The maximum atomic E-state index is 11.0. The number of nitrogens with zero attached hydrogens (tertiary/aromatic N) is 1. The van der Waals surface area contributed by atoms with Crippen LogP contribution in [0, 0.1) is 6.92 Å². The fraction of sp³-hybridized carbons (Fsp3) is 0.333. The first-order chi connectivity index (χ1) is 5.63. The van der Waals surface area contributed by atoms with Crippen molar-refractivity contribution in [1.82, 2.24) is 4.98 Å². The summed E-state index contributed by atoms with van der Waals surface area (Å²) in [7, 11) is 0. The third-order valence-corrected chi connectivity index (χ3v) is 1.84. The third-order valence-electron chi connectivity index (χ3n) is 1.84. The summed E-state index contributed by atoms with van der Waals surface area (Å²) in [4.78, 5) is 14.9. The smallest absolute Gasteiger partial charge is 0.150 e. The first kappa shape index (κ1) is 8.87. The van der Waals surface area contributed by atoms with Gasteiger partial charge in [-0.3, -0.25) is 9.78 Å². The molecule has 0 radical (unpaired) electrons. The normalized spacial score (nSPS) is 12.6. The van der Waals surface area contributed by atoms with E-state index in [4.69, 9.17) is 5.73 Å². The molecule has 1 unspecified atom stereocenters. The molecule has 0 aliphatic heterocycles. The quantitative estimate of drug-likeness (QED) is 0.708. The van der Waals surface area contributed by atoms with Gasteiger partial charge in [0.05, 0.1) is 6.04 Å². The first-order valence-corrected chi connectivity index (χ1v) is 3.79. The lowest BCUT2D eigenvalue weighted by Gasteiger charge is -2.09. The number of aromatic nitrogens is 1. The Labute approximate surface area is 71.6 Å². The van der Waals surface area contributed by atoms with Crippen molar-refractivity contribution in [2.75, 3.05) is 0 Å². The van der Waals surface area contributed by atoms with Crippen molar-refractivity contribution >= 4 is 5.78 Å². The number of nitrogens with two attached hydrogens (primary N) is 1. The summed E-state index contributed by atoms with van der Waals surface area (Å²) in [5.74, 6) is -0.0238. The molecule has 0 saturated heterocycles. The Balaban J connectivity index is 3.02. The van der Waals surface area contributed by atoms with E-state index in [9.17, 15) is 4.79 Å². The van der Waals surface area contributed by atoms with Gasteiger partial charge in [-0.25, -0.2) is 0 Å². The summed E-state index contributed by atoms with van der Waals surface area (Å²) in [5, 5.41) is 0. The first-order valence-electron chi connectivity index (χ1n) is 3.79. The Morgan fingerprint density at radius 2 is 2.33 bits per heavy atom. The molecule has 1 aromatic rings. The summed E-state index contributed by atoms with van der Waals surface area (Å²) in [5.41, 5.74) is 7.48. The Kier molecular flexibility index (Phi) is 2.55. The topological polar surface area (TPSA) is 56.0 Å². The van der Waals surface area contributed by atoms with Gasteiger partial charge in [-0.15, -0.1) is 0 Å². The molecule has 0 aliphatic carbocycles. The van der Waals surface area contributed by atoms with Crippen LogP contribution in [0.3, 0.4) is 0 Å². The Hall–Kier alpha value is -1.22. The van der Waals surface area contributed by atoms with Gasteiger partial charge in [-0.05, 0) is 31.0 Å². The molecule has 0 spiro atoms. The molecule has 0 aliphatic rings. The summed E-state index contributed by atoms with van der Waals surface area (Å²) in [6, 6.07) is 1.27. The van der Waals surface area contributed by atoms with Crippen LogP contribution < -0.4 is 5.73 Å². The van der Waals surface area contributed by atoms with Crippen molar-refractivity contribution in [1.29, 1.82) is 0 Å². The van der Waals surface area contributed by atoms with E-state index >= 15 is 0 Å². The summed E-state index contributed by atoms with van der Waals surface area (Å²) >= 11 is 0. The van der Waals surface area contributed by atoms with E-state index in [1.54, 1.807) is 18.5 Å². The lowest BCUT2D eigenvalue weighted by Crippen LogP contribution is -2.19. The van der Waals surface area contributed by atoms with Crippen LogP contribution in [0.1, 0.15) is 24.1 Å². The Morgan fingerprint density at radius 1 is 1.67 bits per heavy atom. The SMILES string of the molecule is CC(=O)C(N)c1ccncc1C. The second kappa shape index (κ2) is 3.45. The van der Waals surface area contributed by atoms with E-state index in [1.807, 2.05) is 6.92 Å². The molecule has 1 aromatic heterocycles. The highest BCUT2D eigenvalue weighted by molar-refractivity contribution is 5.82. The van der Waals surface area contributed by atoms with Gasteiger partial charge in [0, 0.05) is 12.4 Å². The van der Waals surface area contributed by atoms with E-state index in [2.05, 4.69) is 4.98 Å². The molecular weight excluding hydrogens is 152 g/mol. The highest BCUT2D eigenvalue weighted by Gasteiger charge is 2.12. The maximum Gasteiger partial charge on any atom is 0.150 e. The van der Waals surface area contributed by atoms with Gasteiger partial charge in [-0.2, -0.15) is 0 Å².